The lowest BCUT2D eigenvalue weighted by Crippen LogP contribution is -2.45. The third kappa shape index (κ3) is 5.97. The van der Waals surface area contributed by atoms with E-state index in [1.165, 1.54) is 21.3 Å². The van der Waals surface area contributed by atoms with Gasteiger partial charge in [0.25, 0.3) is 0 Å². The Bertz CT molecular complexity index is 316. The van der Waals surface area contributed by atoms with E-state index in [0.717, 1.165) is 0 Å². The van der Waals surface area contributed by atoms with E-state index in [2.05, 4.69) is 0 Å². The fourth-order valence-corrected chi connectivity index (χ4v) is 3.58. The van der Waals surface area contributed by atoms with Gasteiger partial charge in [0.15, 0.2) is 0 Å². The zero-order chi connectivity index (χ0) is 15.8. The minimum absolute atomic E-state index is 0.215. The van der Waals surface area contributed by atoms with E-state index in [0.29, 0.717) is 19.0 Å². The van der Waals surface area contributed by atoms with Gasteiger partial charge in [-0.2, -0.15) is 0 Å². The molecule has 9 heteroatoms. The Morgan fingerprint density at radius 2 is 1.75 bits per heavy atom. The average Bonchev–Trinajstić information content (AvgIpc) is 2.41. The highest BCUT2D eigenvalue weighted by molar-refractivity contribution is 6.60. The van der Waals surface area contributed by atoms with Crippen LogP contribution in [0.2, 0.25) is 6.04 Å². The van der Waals surface area contributed by atoms with Gasteiger partial charge in [0.05, 0.1) is 6.42 Å². The number of rotatable bonds is 11. The third-order valence-electron chi connectivity index (χ3n) is 3.14. The van der Waals surface area contributed by atoms with Crippen LogP contribution in [0.15, 0.2) is 0 Å². The Kier molecular flexibility index (Phi) is 8.58. The van der Waals surface area contributed by atoms with Crippen LogP contribution in [0.3, 0.4) is 0 Å². The minimum atomic E-state index is -2.64. The molecule has 0 heterocycles. The molecule has 0 saturated heterocycles. The number of nitrogens with two attached hydrogens (primary N) is 1. The van der Waals surface area contributed by atoms with Gasteiger partial charge in [-0.1, -0.05) is 0 Å². The van der Waals surface area contributed by atoms with Crippen molar-refractivity contribution >= 4 is 20.7 Å². The Balaban J connectivity index is 4.41. The number of hydrogen-bond donors (Lipinski definition) is 2. The van der Waals surface area contributed by atoms with Crippen LogP contribution < -0.4 is 5.73 Å². The van der Waals surface area contributed by atoms with E-state index < -0.39 is 26.7 Å². The first-order valence-electron chi connectivity index (χ1n) is 6.18. The second-order valence-corrected chi connectivity index (χ2v) is 7.49. The first-order valence-corrected chi connectivity index (χ1v) is 8.12. The van der Waals surface area contributed by atoms with E-state index >= 15 is 0 Å². The molecule has 0 aliphatic heterocycles. The lowest BCUT2D eigenvalue weighted by molar-refractivity contribution is -0.144. The van der Waals surface area contributed by atoms with Crippen LogP contribution in [0.4, 0.5) is 0 Å². The van der Waals surface area contributed by atoms with Crippen molar-refractivity contribution < 1.29 is 28.0 Å². The van der Waals surface area contributed by atoms with Crippen LogP contribution in [-0.4, -0.2) is 71.7 Å². The summed E-state index contributed by atoms with van der Waals surface area (Å²) < 4.78 is 15.8. The summed E-state index contributed by atoms with van der Waals surface area (Å²) in [5, 5.41) is 9.08. The molecule has 20 heavy (non-hydrogen) atoms. The summed E-state index contributed by atoms with van der Waals surface area (Å²) in [5.41, 5.74) is 5.05. The zero-order valence-electron chi connectivity index (χ0n) is 12.4. The quantitative estimate of drug-likeness (QED) is 0.496. The predicted octanol–water partition coefficient (Wildman–Crippen LogP) is -0.485. The van der Waals surface area contributed by atoms with Gasteiger partial charge in [0.2, 0.25) is 5.91 Å². The highest BCUT2D eigenvalue weighted by atomic mass is 28.4. The molecule has 0 radical (unpaired) electrons. The average molecular weight is 308 g/mol. The fourth-order valence-electron chi connectivity index (χ4n) is 1.88. The Labute approximate surface area is 120 Å². The van der Waals surface area contributed by atoms with Gasteiger partial charge in [-0.05, 0) is 20.0 Å². The Morgan fingerprint density at radius 1 is 1.25 bits per heavy atom. The van der Waals surface area contributed by atoms with Crippen molar-refractivity contribution in [1.29, 1.82) is 0 Å². The van der Waals surface area contributed by atoms with Gasteiger partial charge in [-0.15, -0.1) is 0 Å². The van der Waals surface area contributed by atoms with E-state index in [1.807, 2.05) is 0 Å². The number of carboxylic acids is 1. The van der Waals surface area contributed by atoms with Gasteiger partial charge in [0, 0.05) is 27.4 Å². The molecule has 1 atom stereocenters. The lowest BCUT2D eigenvalue weighted by Gasteiger charge is -2.27. The predicted molar refractivity (Wildman–Crippen MR) is 74.1 cm³/mol. The number of hydrogen-bond acceptors (Lipinski definition) is 6. The van der Waals surface area contributed by atoms with E-state index in [4.69, 9.17) is 24.1 Å². The summed E-state index contributed by atoms with van der Waals surface area (Å²) in [4.78, 5) is 23.5. The molecule has 3 N–H and O–H groups in total. The van der Waals surface area contributed by atoms with Crippen LogP contribution in [0, 0.1) is 0 Å². The van der Waals surface area contributed by atoms with Crippen molar-refractivity contribution in [3.8, 4) is 0 Å². The molecule has 0 aromatic heterocycles. The van der Waals surface area contributed by atoms with Crippen molar-refractivity contribution in [2.24, 2.45) is 5.73 Å². The molecule has 0 unspecified atom stereocenters. The number of nitrogens with zero attached hydrogens (tertiary/aromatic N) is 1. The van der Waals surface area contributed by atoms with Crippen LogP contribution in [-0.2, 0) is 22.9 Å². The van der Waals surface area contributed by atoms with Gasteiger partial charge in [-0.25, -0.2) is 0 Å². The SMILES string of the molecule is CO[Si](CCCN(C)[C@@H](CC(N)=O)C(=O)O)(OC)OC. The van der Waals surface area contributed by atoms with Crippen LogP contribution in [0.25, 0.3) is 0 Å². The molecular formula is C11H24N2O6Si. The second-order valence-electron chi connectivity index (χ2n) is 4.40. The number of primary amides is 1. The summed E-state index contributed by atoms with van der Waals surface area (Å²) >= 11 is 0. The van der Waals surface area contributed by atoms with Gasteiger partial charge in [0.1, 0.15) is 6.04 Å². The topological polar surface area (TPSA) is 111 Å². The third-order valence-corrected chi connectivity index (χ3v) is 5.97. The molecular weight excluding hydrogens is 284 g/mol. The first-order chi connectivity index (χ1) is 9.31. The maximum Gasteiger partial charge on any atom is 0.500 e. The van der Waals surface area contributed by atoms with E-state index in [9.17, 15) is 9.59 Å². The van der Waals surface area contributed by atoms with E-state index in [-0.39, 0.29) is 6.42 Å². The van der Waals surface area contributed by atoms with Crippen LogP contribution in [0.1, 0.15) is 12.8 Å². The van der Waals surface area contributed by atoms with Crippen LogP contribution in [0.5, 0.6) is 0 Å². The molecule has 8 nitrogen and oxygen atoms in total. The summed E-state index contributed by atoms with van der Waals surface area (Å²) in [6.45, 7) is 0.467. The van der Waals surface area contributed by atoms with Crippen molar-refractivity contribution in [3.63, 3.8) is 0 Å². The largest absolute Gasteiger partial charge is 0.500 e. The number of carboxylic acid groups (broad SMARTS) is 1. The second kappa shape index (κ2) is 9.03. The summed E-state index contributed by atoms with van der Waals surface area (Å²) in [5.74, 6) is -1.71. The maximum atomic E-state index is 11.1. The minimum Gasteiger partial charge on any atom is -0.480 e. The molecule has 118 valence electrons. The van der Waals surface area contributed by atoms with Crippen LogP contribution >= 0.6 is 0 Å². The molecule has 0 spiro atoms. The summed E-state index contributed by atoms with van der Waals surface area (Å²) in [6, 6.07) is -0.361. The Morgan fingerprint density at radius 3 is 2.10 bits per heavy atom. The smallest absolute Gasteiger partial charge is 0.480 e. The lowest BCUT2D eigenvalue weighted by atomic mass is 10.1. The molecule has 0 aliphatic carbocycles. The van der Waals surface area contributed by atoms with Gasteiger partial charge in [-0.3, -0.25) is 14.5 Å². The maximum absolute atomic E-state index is 11.1. The molecule has 1 amide bonds. The highest BCUT2D eigenvalue weighted by Crippen LogP contribution is 2.16. The number of carbonyl (C=O) groups is 2. The molecule has 0 fully saturated rings. The monoisotopic (exact) mass is 308 g/mol. The molecule has 0 aromatic rings. The molecule has 0 aliphatic rings. The standard InChI is InChI=1S/C11H24N2O6Si/c1-13(9(11(15)16)8-10(12)14)6-5-7-20(17-2,18-3)19-4/h9H,5-8H2,1-4H3,(H2,12,14)(H,15,16)/t9-/m0/s1. The summed E-state index contributed by atoms with van der Waals surface area (Å²) in [7, 11) is 3.56. The number of likely N-dealkylation sites (N-methyl/N-ethyl adjacent to an activating group) is 1. The number of amides is 1. The number of carbonyl (C=O) groups excluding carboxylic acids is 1. The molecule has 0 saturated carbocycles. The van der Waals surface area contributed by atoms with Gasteiger partial charge >= 0.3 is 14.8 Å². The molecule has 0 aromatic carbocycles. The van der Waals surface area contributed by atoms with Gasteiger partial charge < -0.3 is 24.1 Å². The van der Waals surface area contributed by atoms with Crippen molar-refractivity contribution in [2.45, 2.75) is 24.9 Å². The van der Waals surface area contributed by atoms with Crippen molar-refractivity contribution in [2.75, 3.05) is 34.9 Å². The van der Waals surface area contributed by atoms with Crippen molar-refractivity contribution in [3.05, 3.63) is 0 Å². The normalized spacial score (nSPS) is 13.4. The van der Waals surface area contributed by atoms with Crippen molar-refractivity contribution in [1.82, 2.24) is 4.90 Å². The molecule has 0 rings (SSSR count). The first kappa shape index (κ1) is 19.0. The number of aliphatic carboxylic acids is 1. The fraction of sp³-hybridized carbons (Fsp3) is 0.818. The Hall–Kier alpha value is -1.00. The van der Waals surface area contributed by atoms with E-state index in [1.54, 1.807) is 11.9 Å². The molecule has 0 bridgehead atoms. The highest BCUT2D eigenvalue weighted by Gasteiger charge is 2.37. The summed E-state index contributed by atoms with van der Waals surface area (Å²) in [6.07, 6.45) is 0.411. The zero-order valence-corrected chi connectivity index (χ0v) is 13.4.